The third kappa shape index (κ3) is 4.63. The monoisotopic (exact) mass is 364 g/mol. The molecule has 0 amide bonds. The molecule has 140 valence electrons. The standard InChI is InChI=1S/C20H23F3N2O/c21-17-6-4-15(5-7-17)12-25-10-9-24(14-18(25)8-11-26)13-16-2-1-3-19(22)20(16)23/h1-7,18,26H,8-14H2/t18-/m1/s1. The third-order valence-electron chi connectivity index (χ3n) is 4.88. The fourth-order valence-corrected chi connectivity index (χ4v) is 3.47. The molecule has 0 spiro atoms. The number of benzene rings is 2. The van der Waals surface area contributed by atoms with Gasteiger partial charge in [0, 0.05) is 50.9 Å². The first kappa shape index (κ1) is 18.9. The van der Waals surface area contributed by atoms with Crippen LogP contribution in [0, 0.1) is 17.5 Å². The van der Waals surface area contributed by atoms with E-state index in [9.17, 15) is 18.3 Å². The minimum atomic E-state index is -0.829. The molecular formula is C20H23F3N2O. The highest BCUT2D eigenvalue weighted by molar-refractivity contribution is 5.19. The van der Waals surface area contributed by atoms with E-state index in [1.54, 1.807) is 18.2 Å². The van der Waals surface area contributed by atoms with Crippen molar-refractivity contribution in [2.24, 2.45) is 0 Å². The van der Waals surface area contributed by atoms with Gasteiger partial charge in [0.1, 0.15) is 5.82 Å². The van der Waals surface area contributed by atoms with Crippen LogP contribution in [0.5, 0.6) is 0 Å². The van der Waals surface area contributed by atoms with Crippen molar-refractivity contribution in [3.8, 4) is 0 Å². The molecule has 3 rings (SSSR count). The highest BCUT2D eigenvalue weighted by Crippen LogP contribution is 2.20. The van der Waals surface area contributed by atoms with Gasteiger partial charge >= 0.3 is 0 Å². The average molecular weight is 364 g/mol. The lowest BCUT2D eigenvalue weighted by Crippen LogP contribution is -2.52. The molecule has 3 nitrogen and oxygen atoms in total. The largest absolute Gasteiger partial charge is 0.396 e. The Morgan fingerprint density at radius 2 is 1.73 bits per heavy atom. The van der Waals surface area contributed by atoms with Gasteiger partial charge in [0.2, 0.25) is 0 Å². The first-order valence-electron chi connectivity index (χ1n) is 8.81. The Bertz CT molecular complexity index is 723. The predicted molar refractivity (Wildman–Crippen MR) is 93.9 cm³/mol. The van der Waals surface area contributed by atoms with Gasteiger partial charge in [-0.25, -0.2) is 13.2 Å². The van der Waals surface area contributed by atoms with Gasteiger partial charge in [-0.2, -0.15) is 0 Å². The summed E-state index contributed by atoms with van der Waals surface area (Å²) in [5, 5.41) is 9.39. The first-order chi connectivity index (χ1) is 12.6. The van der Waals surface area contributed by atoms with Crippen LogP contribution < -0.4 is 0 Å². The van der Waals surface area contributed by atoms with Gasteiger partial charge < -0.3 is 5.11 Å². The lowest BCUT2D eigenvalue weighted by molar-refractivity contribution is 0.0494. The van der Waals surface area contributed by atoms with Crippen molar-refractivity contribution in [2.45, 2.75) is 25.6 Å². The fraction of sp³-hybridized carbons (Fsp3) is 0.400. The van der Waals surface area contributed by atoms with Gasteiger partial charge in [-0.05, 0) is 30.2 Å². The highest BCUT2D eigenvalue weighted by atomic mass is 19.2. The van der Waals surface area contributed by atoms with E-state index in [4.69, 9.17) is 0 Å². The molecule has 1 fully saturated rings. The number of nitrogens with zero attached hydrogens (tertiary/aromatic N) is 2. The predicted octanol–water partition coefficient (Wildman–Crippen LogP) is 3.17. The summed E-state index contributed by atoms with van der Waals surface area (Å²) in [5.41, 5.74) is 1.36. The molecule has 0 radical (unpaired) electrons. The van der Waals surface area contributed by atoms with Crippen molar-refractivity contribution < 1.29 is 18.3 Å². The maximum absolute atomic E-state index is 13.9. The Kier molecular flexibility index (Phi) is 6.29. The number of piperazine rings is 1. The average Bonchev–Trinajstić information content (AvgIpc) is 2.63. The summed E-state index contributed by atoms with van der Waals surface area (Å²) in [4.78, 5) is 4.33. The lowest BCUT2D eigenvalue weighted by atomic mass is 10.1. The van der Waals surface area contributed by atoms with Crippen molar-refractivity contribution in [3.63, 3.8) is 0 Å². The minimum Gasteiger partial charge on any atom is -0.396 e. The van der Waals surface area contributed by atoms with E-state index in [1.165, 1.54) is 18.2 Å². The Morgan fingerprint density at radius 3 is 2.46 bits per heavy atom. The van der Waals surface area contributed by atoms with Crippen molar-refractivity contribution in [1.82, 2.24) is 9.80 Å². The number of halogens is 3. The van der Waals surface area contributed by atoms with E-state index < -0.39 is 11.6 Å². The highest BCUT2D eigenvalue weighted by Gasteiger charge is 2.27. The molecule has 1 saturated heterocycles. The number of hydrogen-bond acceptors (Lipinski definition) is 3. The van der Waals surface area contributed by atoms with Gasteiger partial charge in [-0.1, -0.05) is 24.3 Å². The third-order valence-corrected chi connectivity index (χ3v) is 4.88. The van der Waals surface area contributed by atoms with Crippen LogP contribution in [0.2, 0.25) is 0 Å². The van der Waals surface area contributed by atoms with Crippen LogP contribution in [0.1, 0.15) is 17.5 Å². The van der Waals surface area contributed by atoms with Gasteiger partial charge in [-0.15, -0.1) is 0 Å². The van der Waals surface area contributed by atoms with E-state index in [0.717, 1.165) is 24.7 Å². The van der Waals surface area contributed by atoms with Crippen molar-refractivity contribution in [2.75, 3.05) is 26.2 Å². The summed E-state index contributed by atoms with van der Waals surface area (Å²) in [6.07, 6.45) is 0.601. The maximum Gasteiger partial charge on any atom is 0.163 e. The first-order valence-corrected chi connectivity index (χ1v) is 8.81. The second kappa shape index (κ2) is 8.66. The van der Waals surface area contributed by atoms with Crippen LogP contribution in [0.4, 0.5) is 13.2 Å². The van der Waals surface area contributed by atoms with E-state index in [0.29, 0.717) is 31.6 Å². The van der Waals surface area contributed by atoms with Gasteiger partial charge in [0.25, 0.3) is 0 Å². The SMILES string of the molecule is OCC[C@@H]1CN(Cc2cccc(F)c2F)CCN1Cc1ccc(F)cc1. The zero-order valence-corrected chi connectivity index (χ0v) is 14.5. The van der Waals surface area contributed by atoms with Crippen LogP contribution in [0.3, 0.4) is 0 Å². The van der Waals surface area contributed by atoms with Crippen LogP contribution in [-0.2, 0) is 13.1 Å². The van der Waals surface area contributed by atoms with Crippen molar-refractivity contribution >= 4 is 0 Å². The molecule has 0 aliphatic carbocycles. The molecule has 1 aliphatic heterocycles. The molecule has 0 bridgehead atoms. The fourth-order valence-electron chi connectivity index (χ4n) is 3.47. The maximum atomic E-state index is 13.9. The lowest BCUT2D eigenvalue weighted by Gasteiger charge is -2.41. The molecule has 1 N–H and O–H groups in total. The molecule has 1 atom stereocenters. The summed E-state index contributed by atoms with van der Waals surface area (Å²) in [6.45, 7) is 3.21. The number of hydrogen-bond donors (Lipinski definition) is 1. The van der Waals surface area contributed by atoms with E-state index in [2.05, 4.69) is 9.80 Å². The number of aliphatic hydroxyl groups is 1. The Hall–Kier alpha value is -1.89. The molecule has 0 unspecified atom stereocenters. The summed E-state index contributed by atoms with van der Waals surface area (Å²) >= 11 is 0. The van der Waals surface area contributed by atoms with Crippen molar-refractivity contribution in [3.05, 3.63) is 71.0 Å². The Balaban J connectivity index is 1.65. The molecule has 2 aromatic carbocycles. The minimum absolute atomic E-state index is 0.0623. The zero-order chi connectivity index (χ0) is 18.5. The van der Waals surface area contributed by atoms with Crippen LogP contribution >= 0.6 is 0 Å². The van der Waals surface area contributed by atoms with Crippen LogP contribution in [0.15, 0.2) is 42.5 Å². The van der Waals surface area contributed by atoms with Gasteiger partial charge in [0.05, 0.1) is 0 Å². The smallest absolute Gasteiger partial charge is 0.163 e. The summed E-state index contributed by atoms with van der Waals surface area (Å²) in [7, 11) is 0. The van der Waals surface area contributed by atoms with Crippen molar-refractivity contribution in [1.29, 1.82) is 0 Å². The molecular weight excluding hydrogens is 341 g/mol. The van der Waals surface area contributed by atoms with E-state index in [1.807, 2.05) is 0 Å². The number of rotatable bonds is 6. The molecule has 26 heavy (non-hydrogen) atoms. The summed E-state index contributed by atoms with van der Waals surface area (Å²) in [6, 6.07) is 10.8. The Morgan fingerprint density at radius 1 is 0.962 bits per heavy atom. The quantitative estimate of drug-likeness (QED) is 0.853. The molecule has 1 heterocycles. The zero-order valence-electron chi connectivity index (χ0n) is 14.5. The molecule has 0 saturated carbocycles. The normalized spacial score (nSPS) is 19.0. The second-order valence-electron chi connectivity index (χ2n) is 6.71. The summed E-state index contributed by atoms with van der Waals surface area (Å²) < 4.78 is 40.4. The Labute approximate surface area is 151 Å². The summed E-state index contributed by atoms with van der Waals surface area (Å²) in [5.74, 6) is -1.88. The molecule has 0 aromatic heterocycles. The van der Waals surface area contributed by atoms with Gasteiger partial charge in [-0.3, -0.25) is 9.80 Å². The second-order valence-corrected chi connectivity index (χ2v) is 6.71. The molecule has 1 aliphatic rings. The van der Waals surface area contributed by atoms with E-state index >= 15 is 0 Å². The van der Waals surface area contributed by atoms with Crippen LogP contribution in [0.25, 0.3) is 0 Å². The molecule has 6 heteroatoms. The topological polar surface area (TPSA) is 26.7 Å². The van der Waals surface area contributed by atoms with Gasteiger partial charge in [0.15, 0.2) is 11.6 Å². The molecule has 2 aromatic rings. The number of aliphatic hydroxyl groups excluding tert-OH is 1. The van der Waals surface area contributed by atoms with E-state index in [-0.39, 0.29) is 18.5 Å². The van der Waals surface area contributed by atoms with Crippen LogP contribution in [-0.4, -0.2) is 47.2 Å².